The smallest absolute Gasteiger partial charge is 0.408 e. The third-order valence-corrected chi connectivity index (χ3v) is 4.67. The largest absolute Gasteiger partial charge is 0.467 e. The van der Waals surface area contributed by atoms with E-state index in [1.165, 1.54) is 0 Å². The first-order valence-electron chi connectivity index (χ1n) is 7.93. The van der Waals surface area contributed by atoms with Crippen LogP contribution in [0.1, 0.15) is 41.0 Å². The van der Waals surface area contributed by atoms with Gasteiger partial charge in [-0.15, -0.1) is 0 Å². The second-order valence-electron chi connectivity index (χ2n) is 6.07. The highest BCUT2D eigenvalue weighted by Gasteiger charge is 2.32. The molecule has 0 heterocycles. The van der Waals surface area contributed by atoms with Crippen LogP contribution < -0.4 is 5.32 Å². The Labute approximate surface area is 148 Å². The van der Waals surface area contributed by atoms with E-state index in [1.807, 2.05) is 0 Å². The van der Waals surface area contributed by atoms with Crippen LogP contribution >= 0.6 is 7.60 Å². The van der Waals surface area contributed by atoms with Crippen LogP contribution in [0, 0.1) is 0 Å². The number of alkyl carbamates (subject to hydrolysis) is 1. The van der Waals surface area contributed by atoms with Crippen molar-refractivity contribution in [1.29, 1.82) is 0 Å². The molecular formula is C15H28NO8P. The minimum absolute atomic E-state index is 0.112. The van der Waals surface area contributed by atoms with Gasteiger partial charge in [-0.2, -0.15) is 0 Å². The topological polar surface area (TPSA) is 117 Å². The average Bonchev–Trinajstić information content (AvgIpc) is 2.43. The molecule has 0 aromatic rings. The Hall–Kier alpha value is -1.44. The molecule has 0 unspecified atom stereocenters. The molecule has 0 aliphatic heterocycles. The summed E-state index contributed by atoms with van der Waals surface area (Å²) >= 11 is 0. The molecule has 0 aromatic heterocycles. The summed E-state index contributed by atoms with van der Waals surface area (Å²) in [5.41, 5.74) is -0.769. The maximum atomic E-state index is 12.4. The first-order chi connectivity index (χ1) is 11.5. The number of carbonyl (C=O) groups excluding carboxylic acids is 3. The van der Waals surface area contributed by atoms with Crippen LogP contribution in [0.3, 0.4) is 0 Å². The van der Waals surface area contributed by atoms with E-state index >= 15 is 0 Å². The van der Waals surface area contributed by atoms with Crippen molar-refractivity contribution >= 4 is 25.4 Å². The van der Waals surface area contributed by atoms with Gasteiger partial charge in [0.1, 0.15) is 23.6 Å². The zero-order chi connectivity index (χ0) is 19.7. The molecule has 1 atom stereocenters. The lowest BCUT2D eigenvalue weighted by molar-refractivity contribution is -0.144. The molecule has 10 heteroatoms. The van der Waals surface area contributed by atoms with Crippen LogP contribution in [0.15, 0.2) is 0 Å². The fourth-order valence-corrected chi connectivity index (χ4v) is 3.42. The van der Waals surface area contributed by atoms with Gasteiger partial charge in [0, 0.05) is 6.42 Å². The molecule has 0 aliphatic rings. The van der Waals surface area contributed by atoms with Crippen molar-refractivity contribution < 1.29 is 37.5 Å². The fraction of sp³-hybridized carbons (Fsp3) is 0.800. The molecule has 0 saturated heterocycles. The Morgan fingerprint density at radius 3 is 2.00 bits per heavy atom. The van der Waals surface area contributed by atoms with Gasteiger partial charge >= 0.3 is 19.7 Å². The summed E-state index contributed by atoms with van der Waals surface area (Å²) in [4.78, 5) is 35.8. The van der Waals surface area contributed by atoms with Crippen molar-refractivity contribution in [2.24, 2.45) is 0 Å². The Kier molecular flexibility index (Phi) is 9.92. The number of Topliss-reactive ketones (excluding diaryl/α,β-unsaturated/α-hetero) is 1. The number of amides is 1. The molecule has 146 valence electrons. The summed E-state index contributed by atoms with van der Waals surface area (Å²) in [6.07, 6.45) is -1.79. The second-order valence-corrected chi connectivity index (χ2v) is 8.12. The first kappa shape index (κ1) is 23.6. The van der Waals surface area contributed by atoms with Crippen molar-refractivity contribution in [2.45, 2.75) is 52.7 Å². The fourth-order valence-electron chi connectivity index (χ4n) is 1.82. The average molecular weight is 381 g/mol. The van der Waals surface area contributed by atoms with Gasteiger partial charge in [-0.05, 0) is 34.6 Å². The van der Waals surface area contributed by atoms with E-state index in [9.17, 15) is 18.9 Å². The number of ketones is 1. The zero-order valence-corrected chi connectivity index (χ0v) is 16.5. The van der Waals surface area contributed by atoms with Crippen LogP contribution in [0.5, 0.6) is 0 Å². The SMILES string of the molecule is CCOP(=O)(CC(=O)C[C@H](NC(=O)OC(C)(C)C)C(=O)OC)OCC. The highest BCUT2D eigenvalue weighted by molar-refractivity contribution is 7.54. The van der Waals surface area contributed by atoms with Gasteiger partial charge in [0.05, 0.1) is 20.3 Å². The molecule has 0 aromatic carbocycles. The minimum atomic E-state index is -3.58. The Morgan fingerprint density at radius 1 is 1.08 bits per heavy atom. The highest BCUT2D eigenvalue weighted by Crippen LogP contribution is 2.48. The highest BCUT2D eigenvalue weighted by atomic mass is 31.2. The van der Waals surface area contributed by atoms with Crippen LogP contribution in [0.25, 0.3) is 0 Å². The molecular weight excluding hydrogens is 353 g/mol. The molecule has 9 nitrogen and oxygen atoms in total. The summed E-state index contributed by atoms with van der Waals surface area (Å²) in [7, 11) is -2.46. The van der Waals surface area contributed by atoms with Crippen molar-refractivity contribution in [3.05, 3.63) is 0 Å². The van der Waals surface area contributed by atoms with Gasteiger partial charge in [0.25, 0.3) is 0 Å². The third-order valence-electron chi connectivity index (χ3n) is 2.63. The summed E-state index contributed by atoms with van der Waals surface area (Å²) in [6.45, 7) is 8.44. The van der Waals surface area contributed by atoms with E-state index in [1.54, 1.807) is 34.6 Å². The molecule has 1 N–H and O–H groups in total. The quantitative estimate of drug-likeness (QED) is 0.452. The van der Waals surface area contributed by atoms with Crippen LogP contribution in [-0.2, 0) is 32.7 Å². The molecule has 0 saturated carbocycles. The standard InChI is InChI=1S/C15H28NO8P/c1-7-22-25(20,23-8-2)10-11(17)9-12(13(18)21-6)16-14(19)24-15(3,4)5/h12H,7-10H2,1-6H3,(H,16,19)/t12-/m0/s1. The number of hydrogen-bond donors (Lipinski definition) is 1. The van der Waals surface area contributed by atoms with Crippen molar-refractivity contribution in [3.63, 3.8) is 0 Å². The van der Waals surface area contributed by atoms with E-state index in [0.29, 0.717) is 0 Å². The van der Waals surface area contributed by atoms with E-state index in [2.05, 4.69) is 10.1 Å². The number of methoxy groups -OCH3 is 1. The molecule has 1 amide bonds. The zero-order valence-electron chi connectivity index (χ0n) is 15.6. The predicted octanol–water partition coefficient (Wildman–Crippen LogP) is 2.28. The summed E-state index contributed by atoms with van der Waals surface area (Å²) in [6, 6.07) is -1.26. The van der Waals surface area contributed by atoms with Crippen molar-refractivity contribution in [2.75, 3.05) is 26.5 Å². The molecule has 0 radical (unpaired) electrons. The minimum Gasteiger partial charge on any atom is -0.467 e. The molecule has 0 rings (SSSR count). The Balaban J connectivity index is 4.96. The summed E-state index contributed by atoms with van der Waals surface area (Å²) < 4.78 is 32.1. The predicted molar refractivity (Wildman–Crippen MR) is 90.5 cm³/mol. The van der Waals surface area contributed by atoms with Crippen molar-refractivity contribution in [1.82, 2.24) is 5.32 Å². The van der Waals surface area contributed by atoms with Crippen molar-refractivity contribution in [3.8, 4) is 0 Å². The van der Waals surface area contributed by atoms with Crippen LogP contribution in [-0.4, -0.2) is 56.0 Å². The Morgan fingerprint density at radius 2 is 1.60 bits per heavy atom. The number of hydrogen-bond acceptors (Lipinski definition) is 8. The lowest BCUT2D eigenvalue weighted by Gasteiger charge is -2.22. The normalized spacial score (nSPS) is 13.0. The van der Waals surface area contributed by atoms with Gasteiger partial charge in [-0.3, -0.25) is 9.36 Å². The maximum absolute atomic E-state index is 12.4. The van der Waals surface area contributed by atoms with Gasteiger partial charge in [0.2, 0.25) is 0 Å². The molecule has 0 aliphatic carbocycles. The Bertz CT molecular complexity index is 504. The number of nitrogens with one attached hydrogen (secondary N) is 1. The van der Waals surface area contributed by atoms with Gasteiger partial charge in [-0.25, -0.2) is 9.59 Å². The van der Waals surface area contributed by atoms with Gasteiger partial charge in [-0.1, -0.05) is 0 Å². The van der Waals surface area contributed by atoms with Gasteiger partial charge < -0.3 is 23.8 Å². The van der Waals surface area contributed by atoms with Gasteiger partial charge in [0.15, 0.2) is 0 Å². The molecule has 25 heavy (non-hydrogen) atoms. The number of carbonyl (C=O) groups is 3. The van der Waals surface area contributed by atoms with Crippen LogP contribution in [0.2, 0.25) is 0 Å². The molecule has 0 fully saturated rings. The second kappa shape index (κ2) is 10.5. The van der Waals surface area contributed by atoms with E-state index in [4.69, 9.17) is 13.8 Å². The number of rotatable bonds is 10. The number of esters is 1. The summed E-state index contributed by atoms with van der Waals surface area (Å²) in [5, 5.41) is 2.28. The summed E-state index contributed by atoms with van der Waals surface area (Å²) in [5.74, 6) is -1.39. The third kappa shape index (κ3) is 10.2. The van der Waals surface area contributed by atoms with E-state index in [0.717, 1.165) is 7.11 Å². The lowest BCUT2D eigenvalue weighted by atomic mass is 10.1. The maximum Gasteiger partial charge on any atom is 0.408 e. The first-order valence-corrected chi connectivity index (χ1v) is 9.66. The molecule has 0 spiro atoms. The lowest BCUT2D eigenvalue weighted by Crippen LogP contribution is -2.45. The van der Waals surface area contributed by atoms with Crippen LogP contribution in [0.4, 0.5) is 4.79 Å². The monoisotopic (exact) mass is 381 g/mol. The molecule has 0 bridgehead atoms. The number of ether oxygens (including phenoxy) is 2. The van der Waals surface area contributed by atoms with E-state index < -0.39 is 49.7 Å². The van der Waals surface area contributed by atoms with E-state index in [-0.39, 0.29) is 13.2 Å².